The minimum atomic E-state index is 0.279. The largest absolute Gasteiger partial charge is 0.458 e. The third kappa shape index (κ3) is 4.21. The van der Waals surface area contributed by atoms with Crippen molar-refractivity contribution in [3.05, 3.63) is 36.3 Å². The van der Waals surface area contributed by atoms with Crippen LogP contribution in [-0.4, -0.2) is 30.1 Å². The fourth-order valence-electron chi connectivity index (χ4n) is 3.59. The Morgan fingerprint density at radius 3 is 2.59 bits per heavy atom. The first-order valence-electron chi connectivity index (χ1n) is 9.29. The number of nitrogen functional groups attached to an aromatic ring is 1. The number of fused-ring (bicyclic) bond motifs is 1. The van der Waals surface area contributed by atoms with E-state index in [1.807, 2.05) is 16.8 Å². The van der Waals surface area contributed by atoms with E-state index in [4.69, 9.17) is 10.5 Å². The number of nitrogens with zero attached hydrogens (tertiary/aromatic N) is 5. The van der Waals surface area contributed by atoms with Gasteiger partial charge in [-0.2, -0.15) is 15.1 Å². The molecule has 0 aromatic carbocycles. The molecule has 1 aliphatic carbocycles. The maximum Gasteiger partial charge on any atom is 0.320 e. The topological polar surface area (TPSA) is 91.7 Å². The summed E-state index contributed by atoms with van der Waals surface area (Å²) in [7, 11) is 0. The van der Waals surface area contributed by atoms with Crippen LogP contribution in [0.4, 0.5) is 5.82 Å². The maximum absolute atomic E-state index is 6.11. The number of rotatable bonds is 6. The number of hydrogen-bond donors (Lipinski definition) is 1. The molecule has 1 saturated carbocycles. The molecule has 3 heterocycles. The first-order chi connectivity index (χ1) is 13.2. The van der Waals surface area contributed by atoms with Crippen LogP contribution < -0.4 is 10.5 Å². The van der Waals surface area contributed by atoms with E-state index in [9.17, 15) is 0 Å². The van der Waals surface area contributed by atoms with E-state index in [-0.39, 0.29) is 6.01 Å². The molecule has 0 atom stereocenters. The lowest BCUT2D eigenvalue weighted by atomic mass is 9.83. The van der Waals surface area contributed by atoms with Crippen molar-refractivity contribution in [2.75, 3.05) is 11.1 Å². The number of alkyl halides is 1. The molecule has 0 unspecified atom stereocenters. The molecule has 0 bridgehead atoms. The predicted molar refractivity (Wildman–Crippen MR) is 108 cm³/mol. The minimum absolute atomic E-state index is 0.279. The summed E-state index contributed by atoms with van der Waals surface area (Å²) in [6.07, 6.45) is 10.2. The van der Waals surface area contributed by atoms with E-state index < -0.39 is 0 Å². The summed E-state index contributed by atoms with van der Waals surface area (Å²) in [5, 5.41) is 6.39. The molecule has 3 aromatic heterocycles. The van der Waals surface area contributed by atoms with Gasteiger partial charge in [0.2, 0.25) is 0 Å². The third-order valence-corrected chi connectivity index (χ3v) is 6.15. The van der Waals surface area contributed by atoms with Crippen LogP contribution >= 0.6 is 15.9 Å². The fraction of sp³-hybridized carbons (Fsp3) is 0.474. The zero-order valence-corrected chi connectivity index (χ0v) is 16.7. The Labute approximate surface area is 166 Å². The molecule has 0 amide bonds. The average Bonchev–Trinajstić information content (AvgIpc) is 3.11. The van der Waals surface area contributed by atoms with Crippen molar-refractivity contribution in [2.45, 2.75) is 38.8 Å². The van der Waals surface area contributed by atoms with Crippen LogP contribution in [0.2, 0.25) is 0 Å². The maximum atomic E-state index is 6.11. The zero-order valence-electron chi connectivity index (χ0n) is 15.1. The first kappa shape index (κ1) is 18.2. The van der Waals surface area contributed by atoms with Crippen LogP contribution in [-0.2, 0) is 13.2 Å². The highest BCUT2D eigenvalue weighted by Crippen LogP contribution is 2.31. The molecular weight excluding hydrogens is 408 g/mol. The number of hydrogen-bond acceptors (Lipinski definition) is 6. The quantitative estimate of drug-likeness (QED) is 0.600. The Morgan fingerprint density at radius 1 is 1.11 bits per heavy atom. The highest BCUT2D eigenvalue weighted by molar-refractivity contribution is 9.09. The average molecular weight is 431 g/mol. The Balaban J connectivity index is 1.50. The second-order valence-electron chi connectivity index (χ2n) is 7.14. The summed E-state index contributed by atoms with van der Waals surface area (Å²) < 4.78 is 7.70. The number of halogens is 1. The van der Waals surface area contributed by atoms with Crippen molar-refractivity contribution >= 4 is 32.8 Å². The normalized spacial score (nSPS) is 20.0. The predicted octanol–water partition coefficient (Wildman–Crippen LogP) is 3.58. The van der Waals surface area contributed by atoms with Crippen LogP contribution in [0, 0.1) is 11.8 Å². The first-order valence-corrected chi connectivity index (χ1v) is 10.4. The second kappa shape index (κ2) is 8.21. The number of ether oxygens (including phenoxy) is 1. The van der Waals surface area contributed by atoms with Crippen LogP contribution in [0.3, 0.4) is 0 Å². The number of anilines is 1. The van der Waals surface area contributed by atoms with Gasteiger partial charge in [-0.05, 0) is 55.2 Å². The molecule has 4 rings (SSSR count). The van der Waals surface area contributed by atoms with Crippen molar-refractivity contribution in [3.63, 3.8) is 0 Å². The van der Waals surface area contributed by atoms with E-state index in [2.05, 4.69) is 36.0 Å². The second-order valence-corrected chi connectivity index (χ2v) is 7.79. The summed E-state index contributed by atoms with van der Waals surface area (Å²) in [5.41, 5.74) is 7.86. The molecule has 0 aliphatic heterocycles. The number of aromatic nitrogens is 5. The van der Waals surface area contributed by atoms with Gasteiger partial charge in [0.05, 0.1) is 11.6 Å². The van der Waals surface area contributed by atoms with Gasteiger partial charge < -0.3 is 10.5 Å². The molecule has 2 N–H and O–H groups in total. The van der Waals surface area contributed by atoms with E-state index in [1.54, 1.807) is 18.6 Å². The highest BCUT2D eigenvalue weighted by atomic mass is 79.9. The Hall–Kier alpha value is -2.22. The summed E-state index contributed by atoms with van der Waals surface area (Å²) in [6, 6.07) is 4.08. The van der Waals surface area contributed by atoms with Gasteiger partial charge in [-0.15, -0.1) is 0 Å². The third-order valence-electron chi connectivity index (χ3n) is 5.24. The van der Waals surface area contributed by atoms with Crippen LogP contribution in [0.25, 0.3) is 11.0 Å². The van der Waals surface area contributed by atoms with Gasteiger partial charge in [-0.25, -0.2) is 4.68 Å². The highest BCUT2D eigenvalue weighted by Gasteiger charge is 2.22. The van der Waals surface area contributed by atoms with Crippen LogP contribution in [0.5, 0.6) is 6.01 Å². The lowest BCUT2D eigenvalue weighted by Gasteiger charge is -2.27. The number of pyridine rings is 1. The van der Waals surface area contributed by atoms with Crippen LogP contribution in [0.15, 0.2) is 30.7 Å². The van der Waals surface area contributed by atoms with E-state index >= 15 is 0 Å². The lowest BCUT2D eigenvalue weighted by molar-refractivity contribution is 0.262. The van der Waals surface area contributed by atoms with E-state index in [1.165, 1.54) is 25.7 Å². The zero-order chi connectivity index (χ0) is 18.6. The van der Waals surface area contributed by atoms with Gasteiger partial charge in [0.25, 0.3) is 0 Å². The van der Waals surface area contributed by atoms with Gasteiger partial charge in [0.1, 0.15) is 12.4 Å². The Kier molecular flexibility index (Phi) is 5.52. The molecule has 0 spiro atoms. The molecule has 0 saturated heterocycles. The molecule has 142 valence electrons. The van der Waals surface area contributed by atoms with Crippen molar-refractivity contribution < 1.29 is 4.74 Å². The molecular formula is C19H23BrN6O. The van der Waals surface area contributed by atoms with Gasteiger partial charge in [-0.1, -0.05) is 15.9 Å². The van der Waals surface area contributed by atoms with Crippen molar-refractivity contribution in [2.24, 2.45) is 11.8 Å². The fourth-order valence-corrected chi connectivity index (χ4v) is 4.24. The molecule has 0 radical (unpaired) electrons. The molecule has 8 heteroatoms. The van der Waals surface area contributed by atoms with Crippen molar-refractivity contribution in [1.29, 1.82) is 0 Å². The standard InChI is InChI=1S/C19H23BrN6O/c20-9-13-1-3-14(4-2-13)11-26-18-16(10-23-26)17(21)24-19(25-18)27-12-15-5-7-22-8-6-15/h5-8,10,13-14H,1-4,9,11-12H2,(H2,21,24,25)/t13-,14+. The van der Waals surface area contributed by atoms with Crippen molar-refractivity contribution in [3.8, 4) is 6.01 Å². The van der Waals surface area contributed by atoms with Gasteiger partial charge in [0.15, 0.2) is 5.65 Å². The Morgan fingerprint density at radius 2 is 1.85 bits per heavy atom. The summed E-state index contributed by atoms with van der Waals surface area (Å²) in [4.78, 5) is 12.8. The summed E-state index contributed by atoms with van der Waals surface area (Å²) >= 11 is 3.61. The van der Waals surface area contributed by atoms with Gasteiger partial charge in [0, 0.05) is 24.3 Å². The lowest BCUT2D eigenvalue weighted by Crippen LogP contribution is -2.20. The van der Waals surface area contributed by atoms with Gasteiger partial charge in [-0.3, -0.25) is 4.98 Å². The van der Waals surface area contributed by atoms with E-state index in [0.717, 1.165) is 34.4 Å². The molecule has 7 nitrogen and oxygen atoms in total. The van der Waals surface area contributed by atoms with Crippen LogP contribution in [0.1, 0.15) is 31.2 Å². The Bertz CT molecular complexity index is 892. The molecule has 27 heavy (non-hydrogen) atoms. The van der Waals surface area contributed by atoms with E-state index in [0.29, 0.717) is 18.3 Å². The molecule has 1 fully saturated rings. The SMILES string of the molecule is Nc1nc(OCc2ccncc2)nc2c1cnn2C[C@H]1CC[C@@H](CBr)CC1. The minimum Gasteiger partial charge on any atom is -0.458 e. The smallest absolute Gasteiger partial charge is 0.320 e. The van der Waals surface area contributed by atoms with Crippen molar-refractivity contribution in [1.82, 2.24) is 24.7 Å². The molecule has 1 aliphatic rings. The number of nitrogens with two attached hydrogens (primary N) is 1. The summed E-state index contributed by atoms with van der Waals surface area (Å²) in [5.74, 6) is 1.83. The van der Waals surface area contributed by atoms with Gasteiger partial charge >= 0.3 is 6.01 Å². The molecule has 3 aromatic rings. The monoisotopic (exact) mass is 430 g/mol. The summed E-state index contributed by atoms with van der Waals surface area (Å²) in [6.45, 7) is 1.23.